The molecule has 4 rings (SSSR count). The number of unbranched alkanes of at least 4 members (excludes halogenated alkanes) is 1. The maximum atomic E-state index is 9.06. The van der Waals surface area contributed by atoms with E-state index < -0.39 is 0 Å². The van der Waals surface area contributed by atoms with Crippen molar-refractivity contribution >= 4 is 33.7 Å². The molecule has 0 atom stereocenters. The minimum absolute atomic E-state index is 0.112. The quantitative estimate of drug-likeness (QED) is 0.260. The van der Waals surface area contributed by atoms with Crippen molar-refractivity contribution in [2.45, 2.75) is 32.9 Å². The lowest BCUT2D eigenvalue weighted by Gasteiger charge is -2.15. The number of para-hydroxylation sites is 1. The van der Waals surface area contributed by atoms with E-state index in [2.05, 4.69) is 50.3 Å². The number of aliphatic hydroxyl groups excluding tert-OH is 1. The number of nitrogen functional groups attached to an aromatic ring is 1. The number of benzene rings is 2. The van der Waals surface area contributed by atoms with Gasteiger partial charge in [0.05, 0.1) is 25.8 Å². The number of hydrogen-bond acceptors (Lipinski definition) is 7. The van der Waals surface area contributed by atoms with E-state index in [1.54, 1.807) is 7.11 Å². The van der Waals surface area contributed by atoms with Crippen molar-refractivity contribution in [3.8, 4) is 5.75 Å². The molecule has 2 aromatic heterocycles. The summed E-state index contributed by atoms with van der Waals surface area (Å²) in [5, 5.41) is 16.8. The molecule has 8 nitrogen and oxygen atoms in total. The molecule has 33 heavy (non-hydrogen) atoms. The SMILES string of the molecule is CCCCNc1nc(N)nc2c3ccccc3n(Cc3cc(CNCCO)ccc3OC)c12. The van der Waals surface area contributed by atoms with Gasteiger partial charge in [0.1, 0.15) is 16.8 Å². The number of anilines is 2. The zero-order valence-electron chi connectivity index (χ0n) is 19.3. The molecule has 0 fully saturated rings. The van der Waals surface area contributed by atoms with E-state index in [9.17, 15) is 0 Å². The van der Waals surface area contributed by atoms with Crippen LogP contribution in [-0.4, -0.2) is 46.4 Å². The van der Waals surface area contributed by atoms with Crippen LogP contribution in [0.5, 0.6) is 5.75 Å². The molecule has 4 aromatic rings. The van der Waals surface area contributed by atoms with Crippen molar-refractivity contribution in [3.63, 3.8) is 0 Å². The van der Waals surface area contributed by atoms with Gasteiger partial charge in [0, 0.05) is 30.6 Å². The van der Waals surface area contributed by atoms with Gasteiger partial charge in [-0.3, -0.25) is 0 Å². The Hall–Kier alpha value is -3.36. The first-order valence-electron chi connectivity index (χ1n) is 11.4. The second-order valence-corrected chi connectivity index (χ2v) is 8.06. The molecule has 174 valence electrons. The van der Waals surface area contributed by atoms with Gasteiger partial charge in [0.25, 0.3) is 0 Å². The molecule has 0 saturated carbocycles. The summed E-state index contributed by atoms with van der Waals surface area (Å²) in [6.45, 7) is 4.92. The lowest BCUT2D eigenvalue weighted by atomic mass is 10.1. The number of nitrogens with zero attached hydrogens (tertiary/aromatic N) is 3. The Morgan fingerprint density at radius 1 is 1.12 bits per heavy atom. The minimum atomic E-state index is 0.112. The first-order chi connectivity index (χ1) is 16.2. The Kier molecular flexibility index (Phi) is 7.26. The molecule has 8 heteroatoms. The normalized spacial score (nSPS) is 11.4. The van der Waals surface area contributed by atoms with Crippen molar-refractivity contribution < 1.29 is 9.84 Å². The maximum Gasteiger partial charge on any atom is 0.222 e. The van der Waals surface area contributed by atoms with E-state index in [1.807, 2.05) is 24.3 Å². The first-order valence-corrected chi connectivity index (χ1v) is 11.4. The molecule has 2 heterocycles. The van der Waals surface area contributed by atoms with Gasteiger partial charge in [-0.2, -0.15) is 4.98 Å². The van der Waals surface area contributed by atoms with Gasteiger partial charge in [-0.1, -0.05) is 37.6 Å². The van der Waals surface area contributed by atoms with Crippen LogP contribution in [0.3, 0.4) is 0 Å². The third-order valence-corrected chi connectivity index (χ3v) is 5.73. The number of nitrogens with one attached hydrogen (secondary N) is 2. The van der Waals surface area contributed by atoms with Crippen molar-refractivity contribution in [1.29, 1.82) is 0 Å². The zero-order valence-corrected chi connectivity index (χ0v) is 19.3. The number of methoxy groups -OCH3 is 1. The van der Waals surface area contributed by atoms with Crippen molar-refractivity contribution in [2.24, 2.45) is 0 Å². The average molecular weight is 449 g/mol. The monoisotopic (exact) mass is 448 g/mol. The van der Waals surface area contributed by atoms with Crippen molar-refractivity contribution in [2.75, 3.05) is 37.9 Å². The third kappa shape index (κ3) is 4.86. The van der Waals surface area contributed by atoms with Gasteiger partial charge in [-0.15, -0.1) is 0 Å². The number of nitrogens with two attached hydrogens (primary N) is 1. The molecule has 0 aliphatic rings. The van der Waals surface area contributed by atoms with Gasteiger partial charge in [-0.05, 0) is 30.2 Å². The topological polar surface area (TPSA) is 110 Å². The van der Waals surface area contributed by atoms with Crippen LogP contribution in [0.2, 0.25) is 0 Å². The number of ether oxygens (including phenoxy) is 1. The molecule has 0 unspecified atom stereocenters. The number of aliphatic hydroxyl groups is 1. The molecule has 5 N–H and O–H groups in total. The predicted octanol–water partition coefficient (Wildman–Crippen LogP) is 3.52. The van der Waals surface area contributed by atoms with Crippen LogP contribution in [0, 0.1) is 0 Å². The smallest absolute Gasteiger partial charge is 0.222 e. The standard InChI is InChI=1S/C25H32N6O2/c1-3-4-11-28-24-23-22(29-25(26)30-24)19-7-5-6-8-20(19)31(23)16-18-14-17(15-27-12-13-32)9-10-21(18)33-2/h5-10,14,27,32H,3-4,11-13,15-16H2,1-2H3,(H3,26,28,29,30). The lowest BCUT2D eigenvalue weighted by Crippen LogP contribution is -2.17. The van der Waals surface area contributed by atoms with Crippen LogP contribution in [0.1, 0.15) is 30.9 Å². The van der Waals surface area contributed by atoms with Crippen LogP contribution in [0.4, 0.5) is 11.8 Å². The molecule has 0 aliphatic carbocycles. The summed E-state index contributed by atoms with van der Waals surface area (Å²) in [5.74, 6) is 1.84. The Bertz CT molecular complexity index is 1240. The molecule has 0 saturated heterocycles. The molecular formula is C25H32N6O2. The number of rotatable bonds is 11. The van der Waals surface area contributed by atoms with E-state index in [-0.39, 0.29) is 12.6 Å². The van der Waals surface area contributed by atoms with Crippen LogP contribution in [-0.2, 0) is 13.1 Å². The highest BCUT2D eigenvalue weighted by atomic mass is 16.5. The van der Waals surface area contributed by atoms with Gasteiger partial charge in [-0.25, -0.2) is 4.98 Å². The summed E-state index contributed by atoms with van der Waals surface area (Å²) in [4.78, 5) is 9.16. The number of aromatic nitrogens is 3. The Morgan fingerprint density at radius 2 is 1.97 bits per heavy atom. The minimum Gasteiger partial charge on any atom is -0.496 e. The average Bonchev–Trinajstić information content (AvgIpc) is 3.13. The fourth-order valence-corrected chi connectivity index (χ4v) is 4.16. The summed E-state index contributed by atoms with van der Waals surface area (Å²) >= 11 is 0. The highest BCUT2D eigenvalue weighted by Gasteiger charge is 2.19. The van der Waals surface area contributed by atoms with Gasteiger partial charge < -0.3 is 30.8 Å². The number of fused-ring (bicyclic) bond motifs is 3. The second kappa shape index (κ2) is 10.5. The second-order valence-electron chi connectivity index (χ2n) is 8.06. The highest BCUT2D eigenvalue weighted by molar-refractivity contribution is 6.09. The maximum absolute atomic E-state index is 9.06. The van der Waals surface area contributed by atoms with Crippen molar-refractivity contribution in [1.82, 2.24) is 19.9 Å². The van der Waals surface area contributed by atoms with Crippen LogP contribution in [0.25, 0.3) is 21.9 Å². The first kappa shape index (κ1) is 22.8. The van der Waals surface area contributed by atoms with Gasteiger partial charge in [0.2, 0.25) is 5.95 Å². The van der Waals surface area contributed by atoms with Crippen LogP contribution in [0.15, 0.2) is 42.5 Å². The molecule has 0 amide bonds. The van der Waals surface area contributed by atoms with E-state index >= 15 is 0 Å². The summed E-state index contributed by atoms with van der Waals surface area (Å²) in [5.41, 5.74) is 11.1. The van der Waals surface area contributed by atoms with Crippen LogP contribution < -0.4 is 21.1 Å². The lowest BCUT2D eigenvalue weighted by molar-refractivity contribution is 0.292. The molecule has 0 aliphatic heterocycles. The van der Waals surface area contributed by atoms with E-state index in [4.69, 9.17) is 15.6 Å². The molecule has 0 bridgehead atoms. The highest BCUT2D eigenvalue weighted by Crippen LogP contribution is 2.34. The Morgan fingerprint density at radius 3 is 2.76 bits per heavy atom. The van der Waals surface area contributed by atoms with E-state index in [0.717, 1.165) is 64.0 Å². The van der Waals surface area contributed by atoms with Gasteiger partial charge >= 0.3 is 0 Å². The van der Waals surface area contributed by atoms with E-state index in [0.29, 0.717) is 19.6 Å². The third-order valence-electron chi connectivity index (χ3n) is 5.73. The predicted molar refractivity (Wildman–Crippen MR) is 134 cm³/mol. The zero-order chi connectivity index (χ0) is 23.2. The van der Waals surface area contributed by atoms with Gasteiger partial charge in [0.15, 0.2) is 5.82 Å². The Labute approximate surface area is 193 Å². The summed E-state index contributed by atoms with van der Waals surface area (Å²) in [6, 6.07) is 14.4. The largest absolute Gasteiger partial charge is 0.496 e. The fourth-order valence-electron chi connectivity index (χ4n) is 4.16. The van der Waals surface area contributed by atoms with Crippen molar-refractivity contribution in [3.05, 3.63) is 53.6 Å². The summed E-state index contributed by atoms with van der Waals surface area (Å²) in [7, 11) is 1.69. The number of hydrogen-bond donors (Lipinski definition) is 4. The molecule has 0 spiro atoms. The van der Waals surface area contributed by atoms with E-state index in [1.165, 1.54) is 0 Å². The molecular weight excluding hydrogens is 416 g/mol. The Balaban J connectivity index is 1.83. The fraction of sp³-hybridized carbons (Fsp3) is 0.360. The summed E-state index contributed by atoms with van der Waals surface area (Å²) in [6.07, 6.45) is 2.14. The summed E-state index contributed by atoms with van der Waals surface area (Å²) < 4.78 is 7.92. The molecule has 2 aromatic carbocycles. The van der Waals surface area contributed by atoms with Crippen LogP contribution >= 0.6 is 0 Å². The molecule has 0 radical (unpaired) electrons.